The highest BCUT2D eigenvalue weighted by Crippen LogP contribution is 2.22. The minimum absolute atomic E-state index is 0.162. The Labute approximate surface area is 147 Å². The molecule has 0 unspecified atom stereocenters. The van der Waals surface area contributed by atoms with E-state index in [2.05, 4.69) is 4.72 Å². The molecule has 0 aliphatic rings. The summed E-state index contributed by atoms with van der Waals surface area (Å²) in [5.74, 6) is 1.33. The number of sulfonamides is 1. The van der Waals surface area contributed by atoms with Crippen LogP contribution in [0.3, 0.4) is 0 Å². The third-order valence-corrected chi connectivity index (χ3v) is 5.16. The Balaban J connectivity index is 1.94. The zero-order chi connectivity index (χ0) is 17.7. The first-order valence-corrected chi connectivity index (χ1v) is 9.23. The number of ether oxygens (including phenoxy) is 2. The summed E-state index contributed by atoms with van der Waals surface area (Å²) in [5, 5.41) is 0.635. The van der Waals surface area contributed by atoms with Crippen LogP contribution < -0.4 is 14.2 Å². The maximum Gasteiger partial charge on any atom is 0.240 e. The van der Waals surface area contributed by atoms with Crippen LogP contribution in [-0.2, 0) is 10.0 Å². The Bertz CT molecular complexity index is 821. The van der Waals surface area contributed by atoms with Gasteiger partial charge in [0.05, 0.1) is 12.0 Å². The normalized spacial score (nSPS) is 11.3. The summed E-state index contributed by atoms with van der Waals surface area (Å²) >= 11 is 5.88. The van der Waals surface area contributed by atoms with Gasteiger partial charge in [-0.2, -0.15) is 0 Å². The van der Waals surface area contributed by atoms with E-state index in [1.54, 1.807) is 44.4 Å². The second kappa shape index (κ2) is 7.88. The van der Waals surface area contributed by atoms with Crippen molar-refractivity contribution in [1.29, 1.82) is 0 Å². The van der Waals surface area contributed by atoms with Crippen molar-refractivity contribution in [2.24, 2.45) is 0 Å². The first-order chi connectivity index (χ1) is 11.3. The maximum atomic E-state index is 12.3. The van der Waals surface area contributed by atoms with Crippen molar-refractivity contribution in [3.63, 3.8) is 0 Å². The van der Waals surface area contributed by atoms with Gasteiger partial charge in [0.1, 0.15) is 18.1 Å². The van der Waals surface area contributed by atoms with Crippen molar-refractivity contribution in [3.05, 3.63) is 52.5 Å². The highest BCUT2D eigenvalue weighted by atomic mass is 35.5. The largest absolute Gasteiger partial charge is 0.496 e. The summed E-state index contributed by atoms with van der Waals surface area (Å²) in [7, 11) is -2.04. The van der Waals surface area contributed by atoms with Crippen molar-refractivity contribution < 1.29 is 17.9 Å². The van der Waals surface area contributed by atoms with Gasteiger partial charge in [0.15, 0.2) is 0 Å². The van der Waals surface area contributed by atoms with E-state index in [0.717, 1.165) is 11.1 Å². The van der Waals surface area contributed by atoms with Gasteiger partial charge < -0.3 is 9.47 Å². The van der Waals surface area contributed by atoms with Crippen LogP contribution in [0, 0.1) is 13.8 Å². The molecule has 5 nitrogen and oxygen atoms in total. The molecular formula is C17H20ClNO4S. The lowest BCUT2D eigenvalue weighted by Gasteiger charge is -2.11. The Morgan fingerprint density at radius 1 is 1.04 bits per heavy atom. The topological polar surface area (TPSA) is 64.6 Å². The van der Waals surface area contributed by atoms with Crippen molar-refractivity contribution in [2.45, 2.75) is 18.7 Å². The number of hydrogen-bond donors (Lipinski definition) is 1. The Kier molecular flexibility index (Phi) is 6.10. The highest BCUT2D eigenvalue weighted by Gasteiger charge is 2.15. The molecule has 7 heteroatoms. The Morgan fingerprint density at radius 3 is 2.33 bits per heavy atom. The van der Waals surface area contributed by atoms with Crippen LogP contribution in [0.2, 0.25) is 5.02 Å². The zero-order valence-corrected chi connectivity index (χ0v) is 15.4. The number of nitrogens with one attached hydrogen (secondary N) is 1. The fourth-order valence-electron chi connectivity index (χ4n) is 2.21. The minimum atomic E-state index is -3.59. The van der Waals surface area contributed by atoms with Crippen LogP contribution in [0.25, 0.3) is 0 Å². The second-order valence-corrected chi connectivity index (χ2v) is 7.49. The van der Waals surface area contributed by atoms with Crippen LogP contribution in [0.15, 0.2) is 41.3 Å². The molecule has 2 aromatic carbocycles. The molecule has 0 aliphatic heterocycles. The van der Waals surface area contributed by atoms with E-state index < -0.39 is 10.0 Å². The molecule has 24 heavy (non-hydrogen) atoms. The predicted octanol–water partition coefficient (Wildman–Crippen LogP) is 3.32. The smallest absolute Gasteiger partial charge is 0.240 e. The average Bonchev–Trinajstić information content (AvgIpc) is 2.53. The number of halogens is 1. The Morgan fingerprint density at radius 2 is 1.71 bits per heavy atom. The molecule has 0 saturated carbocycles. The first-order valence-electron chi connectivity index (χ1n) is 7.37. The van der Waals surface area contributed by atoms with Crippen LogP contribution in [0.1, 0.15) is 11.1 Å². The number of aryl methyl sites for hydroxylation is 2. The van der Waals surface area contributed by atoms with Gasteiger partial charge >= 0.3 is 0 Å². The lowest BCUT2D eigenvalue weighted by molar-refractivity contribution is 0.320. The Hall–Kier alpha value is -1.76. The SMILES string of the molecule is COc1ccc(S(=O)(=O)NCCOc2ccc(Cl)cc2C)cc1C. The predicted molar refractivity (Wildman–Crippen MR) is 94.6 cm³/mol. The molecular weight excluding hydrogens is 350 g/mol. The molecule has 0 radical (unpaired) electrons. The summed E-state index contributed by atoms with van der Waals surface area (Å²) in [4.78, 5) is 0.198. The summed E-state index contributed by atoms with van der Waals surface area (Å²) in [6.07, 6.45) is 0. The van der Waals surface area contributed by atoms with E-state index in [4.69, 9.17) is 21.1 Å². The van der Waals surface area contributed by atoms with Crippen molar-refractivity contribution >= 4 is 21.6 Å². The van der Waals surface area contributed by atoms with E-state index in [1.165, 1.54) is 6.07 Å². The number of rotatable bonds is 7. The summed E-state index contributed by atoms with van der Waals surface area (Å²) in [5.41, 5.74) is 1.66. The molecule has 130 valence electrons. The van der Waals surface area contributed by atoms with E-state index in [0.29, 0.717) is 16.5 Å². The molecule has 0 heterocycles. The monoisotopic (exact) mass is 369 g/mol. The van der Waals surface area contributed by atoms with Crippen LogP contribution in [0.5, 0.6) is 11.5 Å². The van der Waals surface area contributed by atoms with Crippen molar-refractivity contribution in [1.82, 2.24) is 4.72 Å². The first kappa shape index (κ1) is 18.6. The fraction of sp³-hybridized carbons (Fsp3) is 0.294. The molecule has 0 aliphatic carbocycles. The lowest BCUT2D eigenvalue weighted by Crippen LogP contribution is -2.28. The highest BCUT2D eigenvalue weighted by molar-refractivity contribution is 7.89. The van der Waals surface area contributed by atoms with Crippen molar-refractivity contribution in [2.75, 3.05) is 20.3 Å². The molecule has 0 saturated heterocycles. The van der Waals surface area contributed by atoms with Gasteiger partial charge in [0.2, 0.25) is 10.0 Å². The molecule has 2 rings (SSSR count). The van der Waals surface area contributed by atoms with E-state index in [1.807, 2.05) is 6.92 Å². The number of benzene rings is 2. The molecule has 0 atom stereocenters. The standard InChI is InChI=1S/C17H20ClNO4S/c1-12-10-14(18)4-6-17(12)23-9-8-19-24(20,21)15-5-7-16(22-3)13(2)11-15/h4-7,10-11,19H,8-9H2,1-3H3. The van der Waals surface area contributed by atoms with Gasteiger partial charge in [-0.1, -0.05) is 11.6 Å². The van der Waals surface area contributed by atoms with Crippen molar-refractivity contribution in [3.8, 4) is 11.5 Å². The van der Waals surface area contributed by atoms with Gasteiger partial charge in [-0.15, -0.1) is 0 Å². The molecule has 1 N–H and O–H groups in total. The quantitative estimate of drug-likeness (QED) is 0.760. The molecule has 2 aromatic rings. The number of methoxy groups -OCH3 is 1. The molecule has 0 amide bonds. The number of hydrogen-bond acceptors (Lipinski definition) is 4. The second-order valence-electron chi connectivity index (χ2n) is 5.29. The molecule has 0 fully saturated rings. The average molecular weight is 370 g/mol. The summed E-state index contributed by atoms with van der Waals surface area (Å²) in [6.45, 7) is 4.06. The summed E-state index contributed by atoms with van der Waals surface area (Å²) < 4.78 is 37.8. The lowest BCUT2D eigenvalue weighted by atomic mass is 10.2. The van der Waals surface area contributed by atoms with Crippen LogP contribution in [0.4, 0.5) is 0 Å². The third-order valence-electron chi connectivity index (χ3n) is 3.47. The van der Waals surface area contributed by atoms with Gasteiger partial charge in [-0.3, -0.25) is 0 Å². The summed E-state index contributed by atoms with van der Waals surface area (Å²) in [6, 6.07) is 10.0. The zero-order valence-electron chi connectivity index (χ0n) is 13.8. The van der Waals surface area contributed by atoms with Crippen LogP contribution in [-0.4, -0.2) is 28.7 Å². The van der Waals surface area contributed by atoms with E-state index in [-0.39, 0.29) is 18.0 Å². The van der Waals surface area contributed by atoms with E-state index >= 15 is 0 Å². The maximum absolute atomic E-state index is 12.3. The van der Waals surface area contributed by atoms with E-state index in [9.17, 15) is 8.42 Å². The molecule has 0 aromatic heterocycles. The van der Waals surface area contributed by atoms with Gasteiger partial charge in [-0.25, -0.2) is 13.1 Å². The third kappa shape index (κ3) is 4.63. The van der Waals surface area contributed by atoms with Gasteiger partial charge in [-0.05, 0) is 61.4 Å². The molecule has 0 spiro atoms. The molecule has 0 bridgehead atoms. The minimum Gasteiger partial charge on any atom is -0.496 e. The fourth-order valence-corrected chi connectivity index (χ4v) is 3.54. The van der Waals surface area contributed by atoms with Crippen LogP contribution >= 0.6 is 11.6 Å². The van der Waals surface area contributed by atoms with Gasteiger partial charge in [0.25, 0.3) is 0 Å². The van der Waals surface area contributed by atoms with Gasteiger partial charge in [0, 0.05) is 11.6 Å².